The maximum Gasteiger partial charge on any atom is 0.333 e. The Bertz CT molecular complexity index is 416. The molecule has 92 valence electrons. The van der Waals surface area contributed by atoms with E-state index in [1.807, 2.05) is 0 Å². The van der Waals surface area contributed by atoms with E-state index in [1.54, 1.807) is 12.1 Å². The van der Waals surface area contributed by atoms with E-state index in [4.69, 9.17) is 9.47 Å². The molecule has 1 aliphatic rings. The van der Waals surface area contributed by atoms with Gasteiger partial charge in [0.25, 0.3) is 0 Å². The minimum atomic E-state index is -1.10. The van der Waals surface area contributed by atoms with Crippen LogP contribution < -0.4 is 5.32 Å². The highest BCUT2D eigenvalue weighted by molar-refractivity contribution is 5.83. The number of methoxy groups -OCH3 is 1. The highest BCUT2D eigenvalue weighted by atomic mass is 19.1. The van der Waals surface area contributed by atoms with Crippen LogP contribution in [0.15, 0.2) is 24.3 Å². The lowest BCUT2D eigenvalue weighted by Gasteiger charge is -2.35. The van der Waals surface area contributed by atoms with Crippen LogP contribution in [0.25, 0.3) is 0 Å². The fraction of sp³-hybridized carbons (Fsp3) is 0.417. The van der Waals surface area contributed by atoms with Gasteiger partial charge in [-0.05, 0) is 17.7 Å². The van der Waals surface area contributed by atoms with Gasteiger partial charge < -0.3 is 9.47 Å². The van der Waals surface area contributed by atoms with Crippen molar-refractivity contribution < 1.29 is 18.7 Å². The first-order valence-corrected chi connectivity index (χ1v) is 5.36. The summed E-state index contributed by atoms with van der Waals surface area (Å²) in [5.41, 5.74) is -0.584. The highest BCUT2D eigenvalue weighted by Gasteiger charge is 2.43. The van der Waals surface area contributed by atoms with Gasteiger partial charge in [-0.15, -0.1) is 0 Å². The Kier molecular flexibility index (Phi) is 3.40. The number of benzene rings is 1. The molecule has 2 rings (SSSR count). The lowest BCUT2D eigenvalue weighted by molar-refractivity contribution is -0.154. The van der Waals surface area contributed by atoms with Gasteiger partial charge in [-0.2, -0.15) is 0 Å². The number of halogens is 1. The third-order valence-electron chi connectivity index (χ3n) is 2.84. The second kappa shape index (κ2) is 4.81. The molecule has 1 unspecified atom stereocenters. The molecule has 4 nitrogen and oxygen atoms in total. The van der Waals surface area contributed by atoms with E-state index >= 15 is 0 Å². The molecule has 0 aliphatic carbocycles. The lowest BCUT2D eigenvalue weighted by Crippen LogP contribution is -2.57. The summed E-state index contributed by atoms with van der Waals surface area (Å²) in [4.78, 5) is 11.9. The van der Waals surface area contributed by atoms with Gasteiger partial charge in [0.05, 0.1) is 20.3 Å². The number of ether oxygens (including phenoxy) is 2. The number of nitrogens with one attached hydrogen (secondary N) is 1. The third kappa shape index (κ3) is 2.16. The fourth-order valence-electron chi connectivity index (χ4n) is 1.98. The van der Waals surface area contributed by atoms with Crippen LogP contribution in [0.4, 0.5) is 4.39 Å². The highest BCUT2D eigenvalue weighted by Crippen LogP contribution is 2.26. The Morgan fingerprint density at radius 3 is 3.00 bits per heavy atom. The Morgan fingerprint density at radius 1 is 1.59 bits per heavy atom. The molecule has 1 heterocycles. The standard InChI is InChI=1S/C12H14FNO3/c1-16-11(15)12(8-17-6-5-14-12)9-3-2-4-10(13)7-9/h2-4,7,14H,5-6,8H2,1H3. The topological polar surface area (TPSA) is 47.6 Å². The van der Waals surface area contributed by atoms with Gasteiger partial charge in [-0.25, -0.2) is 9.18 Å². The Labute approximate surface area is 98.7 Å². The summed E-state index contributed by atoms with van der Waals surface area (Å²) in [5.74, 6) is -0.860. The smallest absolute Gasteiger partial charge is 0.333 e. The van der Waals surface area contributed by atoms with Crippen molar-refractivity contribution in [1.29, 1.82) is 0 Å². The van der Waals surface area contributed by atoms with Crippen LogP contribution >= 0.6 is 0 Å². The van der Waals surface area contributed by atoms with Gasteiger partial charge in [0.2, 0.25) is 0 Å². The molecule has 1 N–H and O–H groups in total. The second-order valence-electron chi connectivity index (χ2n) is 3.89. The largest absolute Gasteiger partial charge is 0.467 e. The van der Waals surface area contributed by atoms with Crippen molar-refractivity contribution in [2.45, 2.75) is 5.54 Å². The lowest BCUT2D eigenvalue weighted by atomic mass is 9.89. The Hall–Kier alpha value is -1.46. The van der Waals surface area contributed by atoms with Crippen molar-refractivity contribution in [3.63, 3.8) is 0 Å². The molecule has 0 bridgehead atoms. The minimum absolute atomic E-state index is 0.142. The van der Waals surface area contributed by atoms with Crippen LogP contribution in [0.5, 0.6) is 0 Å². The van der Waals surface area contributed by atoms with Crippen LogP contribution in [-0.4, -0.2) is 32.8 Å². The number of carbonyl (C=O) groups excluding carboxylic acids is 1. The predicted octanol–water partition coefficient (Wildman–Crippen LogP) is 0.814. The van der Waals surface area contributed by atoms with Crippen molar-refractivity contribution >= 4 is 5.97 Å². The van der Waals surface area contributed by atoms with E-state index in [0.717, 1.165) is 0 Å². The summed E-state index contributed by atoms with van der Waals surface area (Å²) in [7, 11) is 1.31. The molecule has 1 saturated heterocycles. The van der Waals surface area contributed by atoms with Crippen molar-refractivity contribution in [2.75, 3.05) is 26.9 Å². The molecule has 0 spiro atoms. The van der Waals surface area contributed by atoms with Gasteiger partial charge in [0, 0.05) is 6.54 Å². The van der Waals surface area contributed by atoms with E-state index in [9.17, 15) is 9.18 Å². The minimum Gasteiger partial charge on any atom is -0.467 e. The molecule has 0 saturated carbocycles. The predicted molar refractivity (Wildman–Crippen MR) is 58.9 cm³/mol. The molecular formula is C12H14FNO3. The van der Waals surface area contributed by atoms with Crippen LogP contribution in [0.2, 0.25) is 0 Å². The van der Waals surface area contributed by atoms with E-state index in [-0.39, 0.29) is 6.61 Å². The van der Waals surface area contributed by atoms with Crippen LogP contribution in [0.3, 0.4) is 0 Å². The van der Waals surface area contributed by atoms with E-state index in [0.29, 0.717) is 18.7 Å². The number of rotatable bonds is 2. The van der Waals surface area contributed by atoms with Crippen LogP contribution in [-0.2, 0) is 19.8 Å². The first-order valence-electron chi connectivity index (χ1n) is 5.36. The molecule has 1 aliphatic heterocycles. The maximum absolute atomic E-state index is 13.2. The molecule has 5 heteroatoms. The Balaban J connectivity index is 2.42. The number of carbonyl (C=O) groups is 1. The first-order chi connectivity index (χ1) is 8.19. The van der Waals surface area contributed by atoms with E-state index < -0.39 is 17.3 Å². The summed E-state index contributed by atoms with van der Waals surface area (Å²) < 4.78 is 23.3. The molecule has 1 fully saturated rings. The van der Waals surface area contributed by atoms with Gasteiger partial charge in [0.15, 0.2) is 5.54 Å². The second-order valence-corrected chi connectivity index (χ2v) is 3.89. The van der Waals surface area contributed by atoms with Crippen LogP contribution in [0.1, 0.15) is 5.56 Å². The van der Waals surface area contributed by atoms with Gasteiger partial charge in [0.1, 0.15) is 5.82 Å². The molecule has 0 amide bonds. The van der Waals surface area contributed by atoms with Crippen molar-refractivity contribution in [1.82, 2.24) is 5.32 Å². The SMILES string of the molecule is COC(=O)C1(c2cccc(F)c2)COCCN1. The normalized spacial score (nSPS) is 24.4. The molecule has 1 aromatic carbocycles. The summed E-state index contributed by atoms with van der Waals surface area (Å²) in [6.45, 7) is 1.18. The average Bonchev–Trinajstić information content (AvgIpc) is 2.38. The van der Waals surface area contributed by atoms with Gasteiger partial charge in [-0.1, -0.05) is 12.1 Å². The molecular weight excluding hydrogens is 225 g/mol. The fourth-order valence-corrected chi connectivity index (χ4v) is 1.98. The monoisotopic (exact) mass is 239 g/mol. The Morgan fingerprint density at radius 2 is 2.41 bits per heavy atom. The average molecular weight is 239 g/mol. The molecule has 0 aromatic heterocycles. The molecule has 17 heavy (non-hydrogen) atoms. The molecule has 0 radical (unpaired) electrons. The summed E-state index contributed by atoms with van der Waals surface area (Å²) in [6, 6.07) is 5.89. The van der Waals surface area contributed by atoms with Gasteiger partial charge in [-0.3, -0.25) is 5.32 Å². The summed E-state index contributed by atoms with van der Waals surface area (Å²) in [5, 5.41) is 3.06. The van der Waals surface area contributed by atoms with Crippen molar-refractivity contribution in [3.05, 3.63) is 35.6 Å². The van der Waals surface area contributed by atoms with Crippen molar-refractivity contribution in [3.8, 4) is 0 Å². The maximum atomic E-state index is 13.2. The zero-order chi connectivity index (χ0) is 12.3. The number of esters is 1. The molecule has 1 atom stereocenters. The van der Waals surface area contributed by atoms with Crippen LogP contribution in [0, 0.1) is 5.82 Å². The quantitative estimate of drug-likeness (QED) is 0.776. The van der Waals surface area contributed by atoms with E-state index in [2.05, 4.69) is 5.32 Å². The van der Waals surface area contributed by atoms with Gasteiger partial charge >= 0.3 is 5.97 Å². The van der Waals surface area contributed by atoms with E-state index in [1.165, 1.54) is 19.2 Å². The zero-order valence-electron chi connectivity index (χ0n) is 9.53. The number of hydrogen-bond donors (Lipinski definition) is 1. The molecule has 1 aromatic rings. The first kappa shape index (κ1) is 12.0. The number of morpholine rings is 1. The zero-order valence-corrected chi connectivity index (χ0v) is 9.53. The third-order valence-corrected chi connectivity index (χ3v) is 2.84. The van der Waals surface area contributed by atoms with Crippen molar-refractivity contribution in [2.24, 2.45) is 0 Å². The number of hydrogen-bond acceptors (Lipinski definition) is 4. The summed E-state index contributed by atoms with van der Waals surface area (Å²) in [6.07, 6.45) is 0. The summed E-state index contributed by atoms with van der Waals surface area (Å²) >= 11 is 0.